The van der Waals surface area contributed by atoms with Gasteiger partial charge < -0.3 is 15.0 Å². The van der Waals surface area contributed by atoms with Crippen LogP contribution < -0.4 is 10.2 Å². The predicted octanol–water partition coefficient (Wildman–Crippen LogP) is 5.53. The largest absolute Gasteiger partial charge is 0.378 e. The van der Waals surface area contributed by atoms with E-state index in [0.29, 0.717) is 24.0 Å². The van der Waals surface area contributed by atoms with Gasteiger partial charge in [-0.3, -0.25) is 9.36 Å². The van der Waals surface area contributed by atoms with E-state index >= 15 is 0 Å². The highest BCUT2D eigenvalue weighted by atomic mass is 16.5. The van der Waals surface area contributed by atoms with E-state index in [4.69, 9.17) is 9.72 Å². The van der Waals surface area contributed by atoms with E-state index in [1.807, 2.05) is 18.2 Å². The van der Waals surface area contributed by atoms with Crippen LogP contribution in [0.1, 0.15) is 43.6 Å². The molecule has 5 rings (SSSR count). The summed E-state index contributed by atoms with van der Waals surface area (Å²) in [6.07, 6.45) is 6.61. The van der Waals surface area contributed by atoms with Crippen LogP contribution in [0.4, 0.5) is 5.69 Å². The molecular formula is C31H38N4O2. The Labute approximate surface area is 220 Å². The smallest absolute Gasteiger partial charge is 0.187 e. The number of rotatable bonds is 8. The van der Waals surface area contributed by atoms with Crippen molar-refractivity contribution in [2.75, 3.05) is 44.3 Å². The van der Waals surface area contributed by atoms with Crippen molar-refractivity contribution in [1.82, 2.24) is 14.9 Å². The van der Waals surface area contributed by atoms with Crippen LogP contribution in [0.2, 0.25) is 0 Å². The van der Waals surface area contributed by atoms with E-state index in [0.717, 1.165) is 74.9 Å². The molecule has 6 nitrogen and oxygen atoms in total. The second-order valence-electron chi connectivity index (χ2n) is 10.6. The van der Waals surface area contributed by atoms with E-state index in [2.05, 4.69) is 71.1 Å². The maximum atomic E-state index is 13.7. The zero-order valence-electron chi connectivity index (χ0n) is 22.0. The molecule has 0 amide bonds. The van der Waals surface area contributed by atoms with Gasteiger partial charge >= 0.3 is 0 Å². The molecule has 37 heavy (non-hydrogen) atoms. The third-order valence-electron chi connectivity index (χ3n) is 7.23. The molecule has 6 heteroatoms. The Morgan fingerprint density at radius 1 is 1.08 bits per heavy atom. The zero-order valence-corrected chi connectivity index (χ0v) is 22.0. The first kappa shape index (κ1) is 25.4. The number of carbonyl (C=O) groups excluding carboxylic acids is 1. The fourth-order valence-corrected chi connectivity index (χ4v) is 5.49. The highest BCUT2D eigenvalue weighted by Crippen LogP contribution is 2.30. The standard InChI is InChI=1S/C31H38N4O2/c1-23(2)17-25-18-24(11-12-32-21-25)19-29(36)30-31(26-7-4-3-5-8-26)35(22-33-30)28-10-6-9-27(20-28)34-13-15-37-16-14-34/h3-10,18,20,22-23,25,32H,11-17,19,21H2,1-2H3/t25-/m0/s1. The average molecular weight is 499 g/mol. The van der Waals surface area contributed by atoms with Gasteiger partial charge in [0.05, 0.1) is 18.9 Å². The molecular weight excluding hydrogens is 460 g/mol. The SMILES string of the molecule is CC(C)C[C@H]1C=C(CC(=O)c2ncn(-c3cccc(N4CCOCC4)c3)c2-c2ccccc2)CCNC1. The lowest BCUT2D eigenvalue weighted by Crippen LogP contribution is -2.36. The van der Waals surface area contributed by atoms with Crippen molar-refractivity contribution < 1.29 is 9.53 Å². The van der Waals surface area contributed by atoms with Gasteiger partial charge in [0.1, 0.15) is 12.0 Å². The van der Waals surface area contributed by atoms with Crippen molar-refractivity contribution in [2.24, 2.45) is 11.8 Å². The Bertz CT molecular complexity index is 1230. The lowest BCUT2D eigenvalue weighted by molar-refractivity contribution is 0.0988. The van der Waals surface area contributed by atoms with Crippen LogP contribution in [0.15, 0.2) is 72.6 Å². The van der Waals surface area contributed by atoms with E-state index in [1.54, 1.807) is 6.33 Å². The average Bonchev–Trinajstić information content (AvgIpc) is 3.26. The molecule has 3 aromatic rings. The van der Waals surface area contributed by atoms with Crippen molar-refractivity contribution in [3.63, 3.8) is 0 Å². The monoisotopic (exact) mass is 498 g/mol. The normalized spacial score (nSPS) is 18.5. The molecule has 2 aromatic carbocycles. The number of ketones is 1. The van der Waals surface area contributed by atoms with Gasteiger partial charge in [-0.05, 0) is 49.4 Å². The Kier molecular flexibility index (Phi) is 8.17. The molecule has 1 saturated heterocycles. The second kappa shape index (κ2) is 11.9. The fourth-order valence-electron chi connectivity index (χ4n) is 5.49. The van der Waals surface area contributed by atoms with Crippen LogP contribution in [0, 0.1) is 11.8 Å². The summed E-state index contributed by atoms with van der Waals surface area (Å²) in [6, 6.07) is 18.6. The summed E-state index contributed by atoms with van der Waals surface area (Å²) in [4.78, 5) is 20.8. The summed E-state index contributed by atoms with van der Waals surface area (Å²) in [7, 11) is 0. The molecule has 0 spiro atoms. The molecule has 1 fully saturated rings. The predicted molar refractivity (Wildman–Crippen MR) is 149 cm³/mol. The minimum Gasteiger partial charge on any atom is -0.378 e. The first-order valence-corrected chi connectivity index (χ1v) is 13.6. The van der Waals surface area contributed by atoms with Crippen LogP contribution in [-0.4, -0.2) is 54.7 Å². The van der Waals surface area contributed by atoms with Gasteiger partial charge in [0.15, 0.2) is 5.78 Å². The third-order valence-corrected chi connectivity index (χ3v) is 7.23. The minimum atomic E-state index is 0.0818. The zero-order chi connectivity index (χ0) is 25.6. The topological polar surface area (TPSA) is 59.4 Å². The van der Waals surface area contributed by atoms with Gasteiger partial charge in [0.2, 0.25) is 0 Å². The lowest BCUT2D eigenvalue weighted by atomic mass is 9.93. The van der Waals surface area contributed by atoms with Crippen molar-refractivity contribution in [3.8, 4) is 16.9 Å². The molecule has 0 aliphatic carbocycles. The number of carbonyl (C=O) groups is 1. The molecule has 1 aromatic heterocycles. The van der Waals surface area contributed by atoms with Crippen LogP contribution in [0.3, 0.4) is 0 Å². The van der Waals surface area contributed by atoms with Gasteiger partial charge in [0.25, 0.3) is 0 Å². The van der Waals surface area contributed by atoms with Crippen molar-refractivity contribution in [3.05, 3.63) is 78.3 Å². The molecule has 1 N–H and O–H groups in total. The van der Waals surface area contributed by atoms with Gasteiger partial charge in [0, 0.05) is 43.0 Å². The number of benzene rings is 2. The molecule has 0 radical (unpaired) electrons. The number of imidazole rings is 1. The minimum absolute atomic E-state index is 0.0818. The first-order chi connectivity index (χ1) is 18.1. The third kappa shape index (κ3) is 6.20. The van der Waals surface area contributed by atoms with E-state index in [9.17, 15) is 4.79 Å². The summed E-state index contributed by atoms with van der Waals surface area (Å²) in [6.45, 7) is 9.67. The number of hydrogen-bond acceptors (Lipinski definition) is 5. The number of Topliss-reactive ketones (excluding diaryl/α,β-unsaturated/α-hetero) is 1. The van der Waals surface area contributed by atoms with Crippen LogP contribution in [0.25, 0.3) is 16.9 Å². The second-order valence-corrected chi connectivity index (χ2v) is 10.6. The Morgan fingerprint density at radius 2 is 1.86 bits per heavy atom. The number of nitrogens with zero attached hydrogens (tertiary/aromatic N) is 3. The number of hydrogen-bond donors (Lipinski definition) is 1. The number of ether oxygens (including phenoxy) is 1. The van der Waals surface area contributed by atoms with E-state index in [1.165, 1.54) is 5.57 Å². The van der Waals surface area contributed by atoms with Gasteiger partial charge in [-0.1, -0.05) is 61.9 Å². The number of morpholine rings is 1. The van der Waals surface area contributed by atoms with Crippen molar-refractivity contribution >= 4 is 11.5 Å². The van der Waals surface area contributed by atoms with Crippen molar-refractivity contribution in [1.29, 1.82) is 0 Å². The fraction of sp³-hybridized carbons (Fsp3) is 0.419. The molecule has 194 valence electrons. The van der Waals surface area contributed by atoms with Crippen LogP contribution >= 0.6 is 0 Å². The summed E-state index contributed by atoms with van der Waals surface area (Å²) in [5.74, 6) is 1.18. The number of nitrogens with one attached hydrogen (secondary N) is 1. The molecule has 0 unspecified atom stereocenters. The van der Waals surface area contributed by atoms with Gasteiger partial charge in [-0.15, -0.1) is 0 Å². The maximum Gasteiger partial charge on any atom is 0.187 e. The van der Waals surface area contributed by atoms with Crippen LogP contribution in [0.5, 0.6) is 0 Å². The lowest BCUT2D eigenvalue weighted by Gasteiger charge is -2.29. The number of anilines is 1. The Hall–Kier alpha value is -3.22. The Morgan fingerprint density at radius 3 is 2.65 bits per heavy atom. The number of aromatic nitrogens is 2. The molecule has 2 aliphatic heterocycles. The first-order valence-electron chi connectivity index (χ1n) is 13.6. The summed E-state index contributed by atoms with van der Waals surface area (Å²) < 4.78 is 7.60. The highest BCUT2D eigenvalue weighted by molar-refractivity contribution is 6.01. The molecule has 2 aliphatic rings. The summed E-state index contributed by atoms with van der Waals surface area (Å²) in [5.41, 5.74) is 5.79. The highest BCUT2D eigenvalue weighted by Gasteiger charge is 2.23. The Balaban J connectivity index is 1.47. The quantitative estimate of drug-likeness (QED) is 0.327. The molecule has 0 saturated carbocycles. The van der Waals surface area contributed by atoms with Gasteiger partial charge in [-0.2, -0.15) is 0 Å². The van der Waals surface area contributed by atoms with E-state index < -0.39 is 0 Å². The van der Waals surface area contributed by atoms with Gasteiger partial charge in [-0.25, -0.2) is 4.98 Å². The maximum absolute atomic E-state index is 13.7. The summed E-state index contributed by atoms with van der Waals surface area (Å²) >= 11 is 0. The van der Waals surface area contributed by atoms with E-state index in [-0.39, 0.29) is 5.78 Å². The summed E-state index contributed by atoms with van der Waals surface area (Å²) in [5, 5.41) is 3.55. The molecule has 3 heterocycles. The molecule has 0 bridgehead atoms. The molecule has 1 atom stereocenters. The van der Waals surface area contributed by atoms with Crippen LogP contribution in [-0.2, 0) is 4.74 Å². The van der Waals surface area contributed by atoms with Crippen molar-refractivity contribution in [2.45, 2.75) is 33.1 Å².